The molecule has 2 nitrogen and oxygen atoms in total. The number of hydrogen-bond acceptors (Lipinski definition) is 3. The molecule has 4 heteroatoms. The van der Waals surface area contributed by atoms with Crippen LogP contribution in [-0.2, 0) is 5.75 Å². The number of benzene rings is 1. The molecule has 20 heavy (non-hydrogen) atoms. The van der Waals surface area contributed by atoms with Gasteiger partial charge in [-0.2, -0.15) is 0 Å². The summed E-state index contributed by atoms with van der Waals surface area (Å²) in [6.45, 7) is 5.19. The lowest BCUT2D eigenvalue weighted by atomic mass is 10.2. The highest BCUT2D eigenvalue weighted by Gasteiger charge is 2.06. The molecule has 2 rings (SSSR count). The van der Waals surface area contributed by atoms with Crippen LogP contribution < -0.4 is 5.32 Å². The Balaban J connectivity index is 2.07. The summed E-state index contributed by atoms with van der Waals surface area (Å²) in [4.78, 5) is 5.87. The first kappa shape index (κ1) is 15.2. The van der Waals surface area contributed by atoms with E-state index < -0.39 is 0 Å². The van der Waals surface area contributed by atoms with Crippen molar-refractivity contribution in [2.75, 3.05) is 11.9 Å². The molecule has 0 saturated carbocycles. The van der Waals surface area contributed by atoms with Crippen LogP contribution in [0.4, 0.5) is 5.82 Å². The number of aryl methyl sites for hydroxylation is 1. The van der Waals surface area contributed by atoms with E-state index in [2.05, 4.69) is 48.4 Å². The first-order valence-corrected chi connectivity index (χ1v) is 8.14. The van der Waals surface area contributed by atoms with Crippen molar-refractivity contribution in [3.05, 3.63) is 52.7 Å². The Morgan fingerprint density at radius 2 is 2.00 bits per heavy atom. The number of aromatic nitrogens is 1. The van der Waals surface area contributed by atoms with E-state index >= 15 is 0 Å². The molecular formula is C16H19ClN2S. The van der Waals surface area contributed by atoms with Crippen molar-refractivity contribution in [3.63, 3.8) is 0 Å². The molecule has 0 saturated heterocycles. The van der Waals surface area contributed by atoms with Gasteiger partial charge in [-0.3, -0.25) is 0 Å². The van der Waals surface area contributed by atoms with Crippen LogP contribution in [0.5, 0.6) is 0 Å². The lowest BCUT2D eigenvalue weighted by Crippen LogP contribution is -2.03. The molecule has 0 unspecified atom stereocenters. The van der Waals surface area contributed by atoms with Gasteiger partial charge in [-0.25, -0.2) is 4.98 Å². The molecule has 1 aromatic carbocycles. The molecule has 1 heterocycles. The van der Waals surface area contributed by atoms with E-state index in [0.29, 0.717) is 0 Å². The standard InChI is InChI=1S/C16H19ClN2S/c1-3-10-18-16-9-8-13(17)14(19-16)11-20-15-7-5-4-6-12(15)2/h4-9H,3,10-11H2,1-2H3,(H,18,19). The van der Waals surface area contributed by atoms with Crippen LogP contribution in [0, 0.1) is 6.92 Å². The van der Waals surface area contributed by atoms with Gasteiger partial charge in [0, 0.05) is 17.2 Å². The van der Waals surface area contributed by atoms with Crippen molar-refractivity contribution in [1.29, 1.82) is 0 Å². The highest BCUT2D eigenvalue weighted by molar-refractivity contribution is 7.98. The first-order valence-electron chi connectivity index (χ1n) is 6.78. The van der Waals surface area contributed by atoms with E-state index in [0.717, 1.165) is 35.3 Å². The van der Waals surface area contributed by atoms with Crippen LogP contribution in [0.15, 0.2) is 41.3 Å². The minimum absolute atomic E-state index is 0.730. The molecule has 2 aromatic rings. The van der Waals surface area contributed by atoms with Crippen LogP contribution in [0.25, 0.3) is 0 Å². The second-order valence-corrected chi connectivity index (χ2v) is 6.03. The molecule has 0 atom stereocenters. The maximum Gasteiger partial charge on any atom is 0.126 e. The monoisotopic (exact) mass is 306 g/mol. The van der Waals surface area contributed by atoms with E-state index in [4.69, 9.17) is 11.6 Å². The average Bonchev–Trinajstić information content (AvgIpc) is 2.46. The predicted octanol–water partition coefficient (Wildman–Crippen LogP) is 5.16. The third-order valence-corrected chi connectivity index (χ3v) is 4.46. The lowest BCUT2D eigenvalue weighted by Gasteiger charge is -2.09. The summed E-state index contributed by atoms with van der Waals surface area (Å²) in [5.74, 6) is 1.68. The van der Waals surface area contributed by atoms with Crippen LogP contribution in [0.1, 0.15) is 24.6 Å². The molecule has 0 aliphatic rings. The van der Waals surface area contributed by atoms with Gasteiger partial charge >= 0.3 is 0 Å². The summed E-state index contributed by atoms with van der Waals surface area (Å²) in [6, 6.07) is 12.2. The molecule has 0 fully saturated rings. The first-order chi connectivity index (χ1) is 9.70. The number of nitrogens with zero attached hydrogens (tertiary/aromatic N) is 1. The molecule has 0 radical (unpaired) electrons. The van der Waals surface area contributed by atoms with Gasteiger partial charge in [0.05, 0.1) is 10.7 Å². The van der Waals surface area contributed by atoms with Crippen molar-refractivity contribution in [1.82, 2.24) is 4.98 Å². The van der Waals surface area contributed by atoms with Gasteiger partial charge in [-0.1, -0.05) is 36.7 Å². The summed E-state index contributed by atoms with van der Waals surface area (Å²) in [5.41, 5.74) is 2.22. The van der Waals surface area contributed by atoms with Crippen LogP contribution in [-0.4, -0.2) is 11.5 Å². The van der Waals surface area contributed by atoms with Crippen LogP contribution in [0.3, 0.4) is 0 Å². The lowest BCUT2D eigenvalue weighted by molar-refractivity contribution is 0.965. The van der Waals surface area contributed by atoms with Gasteiger partial charge < -0.3 is 5.32 Å². The van der Waals surface area contributed by atoms with Crippen molar-refractivity contribution in [2.24, 2.45) is 0 Å². The van der Waals surface area contributed by atoms with E-state index in [-0.39, 0.29) is 0 Å². The SMILES string of the molecule is CCCNc1ccc(Cl)c(CSc2ccccc2C)n1. The number of rotatable bonds is 6. The second-order valence-electron chi connectivity index (χ2n) is 4.61. The Morgan fingerprint density at radius 1 is 1.20 bits per heavy atom. The second kappa shape index (κ2) is 7.55. The van der Waals surface area contributed by atoms with E-state index in [1.165, 1.54) is 10.5 Å². The zero-order valence-corrected chi connectivity index (χ0v) is 13.4. The third kappa shape index (κ3) is 4.15. The van der Waals surface area contributed by atoms with Gasteiger partial charge in [0.15, 0.2) is 0 Å². The van der Waals surface area contributed by atoms with Gasteiger partial charge in [0.2, 0.25) is 0 Å². The Labute approximate surface area is 130 Å². The fraction of sp³-hybridized carbons (Fsp3) is 0.312. The maximum atomic E-state index is 6.23. The molecular weight excluding hydrogens is 288 g/mol. The van der Waals surface area contributed by atoms with Crippen LogP contribution in [0.2, 0.25) is 5.02 Å². The van der Waals surface area contributed by atoms with Gasteiger partial charge in [0.25, 0.3) is 0 Å². The minimum atomic E-state index is 0.730. The summed E-state index contributed by atoms with van der Waals surface area (Å²) in [6.07, 6.45) is 1.08. The summed E-state index contributed by atoms with van der Waals surface area (Å²) in [7, 11) is 0. The van der Waals surface area contributed by atoms with Crippen LogP contribution >= 0.6 is 23.4 Å². The predicted molar refractivity (Wildman–Crippen MR) is 88.8 cm³/mol. The van der Waals surface area contributed by atoms with Gasteiger partial charge in [-0.05, 0) is 37.1 Å². The average molecular weight is 307 g/mol. The third-order valence-electron chi connectivity index (χ3n) is 2.93. The number of pyridine rings is 1. The molecule has 0 bridgehead atoms. The largest absolute Gasteiger partial charge is 0.370 e. The highest BCUT2D eigenvalue weighted by atomic mass is 35.5. The molecule has 106 valence electrons. The summed E-state index contributed by atoms with van der Waals surface area (Å²) < 4.78 is 0. The number of hydrogen-bond donors (Lipinski definition) is 1. The number of halogens is 1. The fourth-order valence-corrected chi connectivity index (χ4v) is 3.04. The Morgan fingerprint density at radius 3 is 2.75 bits per heavy atom. The van der Waals surface area contributed by atoms with E-state index in [1.54, 1.807) is 11.8 Å². The van der Waals surface area contributed by atoms with Crippen molar-refractivity contribution < 1.29 is 0 Å². The Kier molecular flexibility index (Phi) is 5.74. The number of anilines is 1. The molecule has 0 aliphatic heterocycles. The van der Waals surface area contributed by atoms with Gasteiger partial charge in [-0.15, -0.1) is 11.8 Å². The summed E-state index contributed by atoms with van der Waals surface area (Å²) in [5, 5.41) is 4.02. The zero-order chi connectivity index (χ0) is 14.4. The molecule has 1 N–H and O–H groups in total. The Bertz CT molecular complexity index is 572. The Hall–Kier alpha value is -1.19. The molecule has 0 amide bonds. The van der Waals surface area contributed by atoms with Crippen molar-refractivity contribution >= 4 is 29.2 Å². The van der Waals surface area contributed by atoms with Crippen molar-refractivity contribution in [2.45, 2.75) is 30.9 Å². The highest BCUT2D eigenvalue weighted by Crippen LogP contribution is 2.28. The van der Waals surface area contributed by atoms with E-state index in [9.17, 15) is 0 Å². The smallest absolute Gasteiger partial charge is 0.126 e. The topological polar surface area (TPSA) is 24.9 Å². The molecule has 1 aromatic heterocycles. The quantitative estimate of drug-likeness (QED) is 0.746. The summed E-state index contributed by atoms with van der Waals surface area (Å²) >= 11 is 8.00. The van der Waals surface area contributed by atoms with E-state index in [1.807, 2.05) is 12.1 Å². The zero-order valence-electron chi connectivity index (χ0n) is 11.8. The molecule has 0 aliphatic carbocycles. The number of thioether (sulfide) groups is 1. The fourth-order valence-electron chi connectivity index (χ4n) is 1.80. The normalized spacial score (nSPS) is 10.6. The maximum absolute atomic E-state index is 6.23. The minimum Gasteiger partial charge on any atom is -0.370 e. The van der Waals surface area contributed by atoms with Gasteiger partial charge in [0.1, 0.15) is 5.82 Å². The molecule has 0 spiro atoms. The van der Waals surface area contributed by atoms with Crippen molar-refractivity contribution in [3.8, 4) is 0 Å². The number of nitrogens with one attached hydrogen (secondary N) is 1.